The Morgan fingerprint density at radius 3 is 2.74 bits per heavy atom. The molecule has 0 radical (unpaired) electrons. The highest BCUT2D eigenvalue weighted by Gasteiger charge is 2.80. The zero-order chi connectivity index (χ0) is 32.8. The molecule has 10 atom stereocenters. The first kappa shape index (κ1) is 31.7. The van der Waals surface area contributed by atoms with E-state index in [1.807, 2.05) is 29.1 Å². The first-order valence-electron chi connectivity index (χ1n) is 15.5. The number of benzene rings is 1. The third-order valence-electron chi connectivity index (χ3n) is 11.6. The minimum Gasteiger partial charge on any atom is -0.398 e. The van der Waals surface area contributed by atoms with Gasteiger partial charge in [-0.1, -0.05) is 30.8 Å². The van der Waals surface area contributed by atoms with Crippen LogP contribution in [0.3, 0.4) is 0 Å². The Balaban J connectivity index is 1.22. The number of rotatable bonds is 6. The molecule has 1 aromatic carbocycles. The number of thioether (sulfide) groups is 1. The summed E-state index contributed by atoms with van der Waals surface area (Å²) in [6, 6.07) is 6.19. The lowest BCUT2D eigenvalue weighted by atomic mass is 9.44. The molecule has 3 saturated carbocycles. The number of aromatic nitrogens is 1. The van der Waals surface area contributed by atoms with Crippen molar-refractivity contribution in [2.24, 2.45) is 22.7 Å². The Labute approximate surface area is 268 Å². The van der Waals surface area contributed by atoms with E-state index in [0.717, 1.165) is 11.6 Å². The van der Waals surface area contributed by atoms with E-state index in [1.165, 1.54) is 19.1 Å². The molecule has 0 spiro atoms. The Kier molecular flexibility index (Phi) is 7.45. The molecule has 7 rings (SSSR count). The van der Waals surface area contributed by atoms with Crippen LogP contribution >= 0.6 is 11.8 Å². The van der Waals surface area contributed by atoms with Gasteiger partial charge in [0.1, 0.15) is 12.2 Å². The number of nitrogens with zero attached hydrogens (tertiary/aromatic N) is 1. The summed E-state index contributed by atoms with van der Waals surface area (Å²) in [5.74, 6) is -2.10. The lowest BCUT2D eigenvalue weighted by Gasteiger charge is -2.63. The Morgan fingerprint density at radius 1 is 1.22 bits per heavy atom. The monoisotopic (exact) mass is 658 g/mol. The number of nitrogens with two attached hydrogens (primary N) is 1. The zero-order valence-electron chi connectivity index (χ0n) is 25.5. The number of allylic oxidation sites excluding steroid dienone is 4. The quantitative estimate of drug-likeness (QED) is 0.376. The van der Waals surface area contributed by atoms with Crippen LogP contribution in [0.25, 0.3) is 0 Å². The topological polar surface area (TPSA) is 124 Å². The zero-order valence-corrected chi connectivity index (χ0v) is 26.3. The van der Waals surface area contributed by atoms with Gasteiger partial charge in [0.15, 0.2) is 23.3 Å². The van der Waals surface area contributed by atoms with Gasteiger partial charge < -0.3 is 30.0 Å². The minimum absolute atomic E-state index is 0.0157. The number of carbonyl (C=O) groups is 2. The second-order valence-electron chi connectivity index (χ2n) is 13.8. The molecule has 246 valence electrons. The van der Waals surface area contributed by atoms with E-state index in [-0.39, 0.29) is 31.4 Å². The van der Waals surface area contributed by atoms with Crippen LogP contribution in [-0.2, 0) is 32.2 Å². The molecule has 12 heteroatoms. The van der Waals surface area contributed by atoms with Crippen molar-refractivity contribution >= 4 is 28.3 Å². The van der Waals surface area contributed by atoms with Crippen molar-refractivity contribution in [1.29, 1.82) is 0 Å². The maximum absolute atomic E-state index is 17.6. The Morgan fingerprint density at radius 2 is 2.00 bits per heavy atom. The van der Waals surface area contributed by atoms with Crippen LogP contribution in [0.2, 0.25) is 0 Å². The SMILES string of the molecule is C[C@]12C=CC(=O)C=C1[C@@H](F)C[C@H]1[C@@H]3C[C@H]4O[C@@H](c5ccn(Cc6ccc(N)c(CO)c6)c5)O[C@@]4(C(=O)SCF)[C@@]3(C)C[C@H](O)[C@@]12F. The van der Waals surface area contributed by atoms with E-state index in [2.05, 4.69) is 0 Å². The summed E-state index contributed by atoms with van der Waals surface area (Å²) in [4.78, 5) is 26.1. The molecule has 0 bridgehead atoms. The van der Waals surface area contributed by atoms with Gasteiger partial charge in [-0.2, -0.15) is 0 Å². The highest BCUT2D eigenvalue weighted by atomic mass is 32.2. The largest absolute Gasteiger partial charge is 0.398 e. The Hall–Kier alpha value is -2.90. The van der Waals surface area contributed by atoms with Crippen molar-refractivity contribution in [2.75, 3.05) is 11.7 Å². The van der Waals surface area contributed by atoms with Crippen LogP contribution in [0.1, 0.15) is 56.1 Å². The maximum atomic E-state index is 17.6. The van der Waals surface area contributed by atoms with Gasteiger partial charge >= 0.3 is 0 Å². The normalized spacial score (nSPS) is 41.0. The predicted octanol–water partition coefficient (Wildman–Crippen LogP) is 4.88. The number of nitrogen functional groups attached to an aromatic ring is 1. The Bertz CT molecular complexity index is 1660. The number of anilines is 1. The van der Waals surface area contributed by atoms with E-state index in [1.54, 1.807) is 19.1 Å². The van der Waals surface area contributed by atoms with Gasteiger partial charge in [-0.05, 0) is 73.6 Å². The standard InChI is InChI=1S/C34H37F3N2O6S/c1-31-7-5-21(41)10-24(31)25(36)11-23-22-12-28-34(30(43)46-17-35,32(22,2)13-27(42)33(23,31)37)45-29(44-28)19-6-8-39(15-19)14-18-3-4-26(38)20(9-18)16-40/h3-10,15,22-23,25,27-29,40,42H,11-14,16-17,38H2,1-2H3/t22-,23-,25-,27-,28+,29+,31-,32-,33-,34-/m0/s1. The van der Waals surface area contributed by atoms with Crippen molar-refractivity contribution in [3.05, 3.63) is 77.2 Å². The molecule has 5 aliphatic rings. The number of fused-ring (bicyclic) bond motifs is 7. The summed E-state index contributed by atoms with van der Waals surface area (Å²) in [6.07, 6.45) is 1.86. The second-order valence-corrected chi connectivity index (χ2v) is 14.6. The number of hydrogen-bond donors (Lipinski definition) is 3. The first-order valence-corrected chi connectivity index (χ1v) is 16.5. The van der Waals surface area contributed by atoms with Crippen LogP contribution in [-0.4, -0.2) is 61.3 Å². The summed E-state index contributed by atoms with van der Waals surface area (Å²) in [7, 11) is 0. The average molecular weight is 659 g/mol. The number of aliphatic hydroxyl groups excluding tert-OH is 2. The molecule has 4 fully saturated rings. The van der Waals surface area contributed by atoms with Crippen LogP contribution in [0, 0.1) is 22.7 Å². The van der Waals surface area contributed by atoms with E-state index in [0.29, 0.717) is 35.1 Å². The molecule has 8 nitrogen and oxygen atoms in total. The number of carbonyl (C=O) groups excluding carboxylic acids is 2. The minimum atomic E-state index is -2.33. The van der Waals surface area contributed by atoms with Crippen molar-refractivity contribution in [2.45, 2.75) is 82.2 Å². The second kappa shape index (κ2) is 10.8. The van der Waals surface area contributed by atoms with Gasteiger partial charge in [0, 0.05) is 52.5 Å². The molecule has 1 aromatic heterocycles. The molecule has 2 heterocycles. The summed E-state index contributed by atoms with van der Waals surface area (Å²) >= 11 is 0.453. The fourth-order valence-electron chi connectivity index (χ4n) is 9.41. The lowest BCUT2D eigenvalue weighted by molar-refractivity contribution is -0.232. The fourth-order valence-corrected chi connectivity index (χ4v) is 10.1. The molecule has 0 unspecified atom stereocenters. The van der Waals surface area contributed by atoms with Crippen LogP contribution in [0.4, 0.5) is 18.9 Å². The molecule has 0 amide bonds. The number of alkyl halides is 3. The maximum Gasteiger partial charge on any atom is 0.226 e. The molecule has 4 N–H and O–H groups in total. The van der Waals surface area contributed by atoms with Crippen molar-refractivity contribution < 1.29 is 42.4 Å². The molecular formula is C34H37F3N2O6S. The molecular weight excluding hydrogens is 621 g/mol. The van der Waals surface area contributed by atoms with Gasteiger partial charge in [0.2, 0.25) is 5.12 Å². The average Bonchev–Trinajstić information content (AvgIpc) is 3.70. The molecule has 1 saturated heterocycles. The van der Waals surface area contributed by atoms with E-state index in [9.17, 15) is 24.2 Å². The number of aliphatic hydroxyl groups is 2. The van der Waals surface area contributed by atoms with Gasteiger partial charge in [0.05, 0.1) is 18.8 Å². The number of ether oxygens (including phenoxy) is 2. The van der Waals surface area contributed by atoms with Gasteiger partial charge in [-0.15, -0.1) is 0 Å². The first-order chi connectivity index (χ1) is 21.8. The van der Waals surface area contributed by atoms with Gasteiger partial charge in [-0.3, -0.25) is 9.59 Å². The van der Waals surface area contributed by atoms with Crippen molar-refractivity contribution in [3.8, 4) is 0 Å². The number of hydrogen-bond acceptors (Lipinski definition) is 8. The van der Waals surface area contributed by atoms with Crippen molar-refractivity contribution in [1.82, 2.24) is 4.57 Å². The van der Waals surface area contributed by atoms with E-state index < -0.39 is 75.5 Å². The van der Waals surface area contributed by atoms with Crippen LogP contribution < -0.4 is 5.73 Å². The summed E-state index contributed by atoms with van der Waals surface area (Å²) in [6.45, 7) is 3.53. The van der Waals surface area contributed by atoms with E-state index in [4.69, 9.17) is 15.2 Å². The molecule has 46 heavy (non-hydrogen) atoms. The van der Waals surface area contributed by atoms with Crippen LogP contribution in [0.5, 0.6) is 0 Å². The highest BCUT2D eigenvalue weighted by molar-refractivity contribution is 8.13. The lowest BCUT2D eigenvalue weighted by Crippen LogP contribution is -2.70. The summed E-state index contributed by atoms with van der Waals surface area (Å²) in [5, 5.41) is 20.7. The number of halogens is 3. The number of ketones is 1. The third-order valence-corrected chi connectivity index (χ3v) is 12.3. The third kappa shape index (κ3) is 4.16. The molecule has 4 aliphatic carbocycles. The fraction of sp³-hybridized carbons (Fsp3) is 0.529. The highest BCUT2D eigenvalue weighted by Crippen LogP contribution is 2.73. The van der Waals surface area contributed by atoms with Gasteiger partial charge in [0.25, 0.3) is 0 Å². The predicted molar refractivity (Wildman–Crippen MR) is 164 cm³/mol. The van der Waals surface area contributed by atoms with Gasteiger partial charge in [-0.25, -0.2) is 13.2 Å². The van der Waals surface area contributed by atoms with Crippen LogP contribution in [0.15, 0.2) is 60.5 Å². The summed E-state index contributed by atoms with van der Waals surface area (Å²) < 4.78 is 62.1. The molecule has 1 aliphatic heterocycles. The summed E-state index contributed by atoms with van der Waals surface area (Å²) in [5.41, 5.74) is 1.72. The van der Waals surface area contributed by atoms with E-state index >= 15 is 8.78 Å². The van der Waals surface area contributed by atoms with Crippen molar-refractivity contribution in [3.63, 3.8) is 0 Å². The molecule has 2 aromatic rings. The smallest absolute Gasteiger partial charge is 0.226 e.